The second-order valence-corrected chi connectivity index (χ2v) is 5.95. The third-order valence-electron chi connectivity index (χ3n) is 3.32. The second-order valence-electron chi connectivity index (χ2n) is 5.95. The van der Waals surface area contributed by atoms with Crippen molar-refractivity contribution in [3.05, 3.63) is 11.9 Å². The molecule has 0 saturated carbocycles. The van der Waals surface area contributed by atoms with Gasteiger partial charge in [0.1, 0.15) is 0 Å². The molecule has 1 fully saturated rings. The van der Waals surface area contributed by atoms with E-state index in [9.17, 15) is 0 Å². The van der Waals surface area contributed by atoms with Gasteiger partial charge < -0.3 is 5.73 Å². The zero-order chi connectivity index (χ0) is 12.5. The molecule has 1 unspecified atom stereocenters. The molecule has 0 aromatic carbocycles. The van der Waals surface area contributed by atoms with Crippen molar-refractivity contribution in [2.24, 2.45) is 11.7 Å². The first-order valence-corrected chi connectivity index (χ1v) is 6.33. The molecule has 1 aromatic heterocycles. The summed E-state index contributed by atoms with van der Waals surface area (Å²) in [5.41, 5.74) is 6.76. The molecule has 0 amide bonds. The van der Waals surface area contributed by atoms with Crippen LogP contribution in [0.15, 0.2) is 6.20 Å². The van der Waals surface area contributed by atoms with E-state index in [4.69, 9.17) is 5.73 Å². The van der Waals surface area contributed by atoms with Crippen LogP contribution in [-0.2, 0) is 12.1 Å². The molecule has 2 rings (SSSR count). The highest BCUT2D eigenvalue weighted by molar-refractivity contribution is 4.95. The van der Waals surface area contributed by atoms with Crippen molar-refractivity contribution < 1.29 is 0 Å². The Balaban J connectivity index is 1.94. The van der Waals surface area contributed by atoms with Crippen molar-refractivity contribution in [2.75, 3.05) is 19.6 Å². The Morgan fingerprint density at radius 3 is 2.76 bits per heavy atom. The molecule has 2 heterocycles. The predicted octanol–water partition coefficient (Wildman–Crippen LogP) is 0.814. The van der Waals surface area contributed by atoms with Crippen LogP contribution in [0.3, 0.4) is 0 Å². The first-order chi connectivity index (χ1) is 7.99. The average molecular weight is 237 g/mol. The highest BCUT2D eigenvalue weighted by atomic mass is 15.4. The summed E-state index contributed by atoms with van der Waals surface area (Å²) in [6.45, 7) is 10.3. The number of hydrogen-bond donors (Lipinski definition) is 1. The molecule has 1 atom stereocenters. The van der Waals surface area contributed by atoms with Crippen LogP contribution in [0.5, 0.6) is 0 Å². The predicted molar refractivity (Wildman–Crippen MR) is 67.5 cm³/mol. The zero-order valence-electron chi connectivity index (χ0n) is 11.1. The van der Waals surface area contributed by atoms with Crippen LogP contribution < -0.4 is 5.73 Å². The van der Waals surface area contributed by atoms with E-state index in [1.165, 1.54) is 6.42 Å². The number of nitrogens with two attached hydrogens (primary N) is 1. The molecule has 1 saturated heterocycles. The summed E-state index contributed by atoms with van der Waals surface area (Å²) in [4.78, 5) is 2.41. The van der Waals surface area contributed by atoms with E-state index in [1.807, 2.05) is 4.68 Å². The molecule has 0 aliphatic carbocycles. The van der Waals surface area contributed by atoms with Crippen LogP contribution >= 0.6 is 0 Å². The van der Waals surface area contributed by atoms with Crippen LogP contribution in [0, 0.1) is 5.92 Å². The smallest absolute Gasteiger partial charge is 0.0967 e. The number of likely N-dealkylation sites (tertiary alicyclic amines) is 1. The molecule has 5 nitrogen and oxygen atoms in total. The maximum Gasteiger partial charge on any atom is 0.0967 e. The Labute approximate surface area is 103 Å². The van der Waals surface area contributed by atoms with Crippen molar-refractivity contribution >= 4 is 0 Å². The molecule has 0 bridgehead atoms. The topological polar surface area (TPSA) is 60.0 Å². The Morgan fingerprint density at radius 1 is 1.47 bits per heavy atom. The molecule has 1 aromatic rings. The summed E-state index contributed by atoms with van der Waals surface area (Å²) in [6, 6.07) is 0. The van der Waals surface area contributed by atoms with Gasteiger partial charge in [0.15, 0.2) is 0 Å². The molecule has 1 aliphatic rings. The maximum atomic E-state index is 5.69. The minimum atomic E-state index is 0.00997. The molecule has 96 valence electrons. The van der Waals surface area contributed by atoms with Crippen LogP contribution in [0.4, 0.5) is 0 Å². The first kappa shape index (κ1) is 12.5. The van der Waals surface area contributed by atoms with Crippen LogP contribution in [0.2, 0.25) is 0 Å². The summed E-state index contributed by atoms with van der Waals surface area (Å²) in [7, 11) is 0. The van der Waals surface area contributed by atoms with E-state index in [2.05, 4.69) is 42.2 Å². The van der Waals surface area contributed by atoms with Gasteiger partial charge in [0.25, 0.3) is 0 Å². The lowest BCUT2D eigenvalue weighted by Gasteiger charge is -2.17. The monoisotopic (exact) mass is 237 g/mol. The fraction of sp³-hybridized carbons (Fsp3) is 0.833. The van der Waals surface area contributed by atoms with Gasteiger partial charge >= 0.3 is 0 Å². The average Bonchev–Trinajstić information content (AvgIpc) is 2.86. The number of rotatable bonds is 3. The quantitative estimate of drug-likeness (QED) is 0.845. The molecule has 17 heavy (non-hydrogen) atoms. The standard InChI is InChI=1S/C12H23N5/c1-12(2,3)17-9-11(14-15-17)8-16-5-4-10(6-13)7-16/h9-10H,4-8,13H2,1-3H3. The lowest BCUT2D eigenvalue weighted by molar-refractivity contribution is 0.313. The Kier molecular flexibility index (Phi) is 3.49. The van der Waals surface area contributed by atoms with Gasteiger partial charge in [-0.15, -0.1) is 5.10 Å². The minimum absolute atomic E-state index is 0.00997. The highest BCUT2D eigenvalue weighted by Gasteiger charge is 2.22. The molecule has 2 N–H and O–H groups in total. The zero-order valence-corrected chi connectivity index (χ0v) is 11.1. The summed E-state index contributed by atoms with van der Waals surface area (Å²) in [5, 5.41) is 8.42. The second kappa shape index (κ2) is 4.74. The summed E-state index contributed by atoms with van der Waals surface area (Å²) in [6.07, 6.45) is 3.26. The van der Waals surface area contributed by atoms with Crippen molar-refractivity contribution in [1.29, 1.82) is 0 Å². The van der Waals surface area contributed by atoms with E-state index in [0.717, 1.165) is 31.9 Å². The summed E-state index contributed by atoms with van der Waals surface area (Å²) in [5.74, 6) is 0.660. The third kappa shape index (κ3) is 3.04. The normalized spacial score (nSPS) is 22.2. The minimum Gasteiger partial charge on any atom is -0.330 e. The van der Waals surface area contributed by atoms with Gasteiger partial charge in [-0.2, -0.15) is 0 Å². The van der Waals surface area contributed by atoms with Gasteiger partial charge in [-0.25, -0.2) is 4.68 Å². The van der Waals surface area contributed by atoms with Crippen molar-refractivity contribution in [3.63, 3.8) is 0 Å². The van der Waals surface area contributed by atoms with Crippen LogP contribution in [0.25, 0.3) is 0 Å². The molecule has 0 radical (unpaired) electrons. The Bertz CT molecular complexity index is 365. The molecule has 0 spiro atoms. The van der Waals surface area contributed by atoms with Crippen molar-refractivity contribution in [3.8, 4) is 0 Å². The highest BCUT2D eigenvalue weighted by Crippen LogP contribution is 2.18. The van der Waals surface area contributed by atoms with Gasteiger partial charge in [0.2, 0.25) is 0 Å². The van der Waals surface area contributed by atoms with Gasteiger partial charge in [0.05, 0.1) is 17.4 Å². The summed E-state index contributed by atoms with van der Waals surface area (Å²) < 4.78 is 1.93. The molecule has 1 aliphatic heterocycles. The Hall–Kier alpha value is -0.940. The van der Waals surface area contributed by atoms with Crippen molar-refractivity contribution in [2.45, 2.75) is 39.3 Å². The molecular weight excluding hydrogens is 214 g/mol. The largest absolute Gasteiger partial charge is 0.330 e. The van der Waals surface area contributed by atoms with Gasteiger partial charge in [-0.3, -0.25) is 4.90 Å². The van der Waals surface area contributed by atoms with E-state index in [0.29, 0.717) is 5.92 Å². The first-order valence-electron chi connectivity index (χ1n) is 6.33. The van der Waals surface area contributed by atoms with E-state index in [1.54, 1.807) is 0 Å². The van der Waals surface area contributed by atoms with Crippen molar-refractivity contribution in [1.82, 2.24) is 19.9 Å². The number of nitrogens with zero attached hydrogens (tertiary/aromatic N) is 4. The molecule has 5 heteroatoms. The van der Waals surface area contributed by atoms with E-state index in [-0.39, 0.29) is 5.54 Å². The van der Waals surface area contributed by atoms with E-state index < -0.39 is 0 Å². The number of hydrogen-bond acceptors (Lipinski definition) is 4. The van der Waals surface area contributed by atoms with Crippen LogP contribution in [-0.4, -0.2) is 39.5 Å². The molecular formula is C12H23N5. The SMILES string of the molecule is CC(C)(C)n1cc(CN2CCC(CN)C2)nn1. The maximum absolute atomic E-state index is 5.69. The fourth-order valence-corrected chi connectivity index (χ4v) is 2.18. The van der Waals surface area contributed by atoms with Gasteiger partial charge in [-0.05, 0) is 46.2 Å². The summed E-state index contributed by atoms with van der Waals surface area (Å²) >= 11 is 0. The van der Waals surface area contributed by atoms with Crippen LogP contribution in [0.1, 0.15) is 32.9 Å². The lowest BCUT2D eigenvalue weighted by Crippen LogP contribution is -2.23. The lowest BCUT2D eigenvalue weighted by atomic mass is 10.1. The Morgan fingerprint density at radius 2 is 2.24 bits per heavy atom. The third-order valence-corrected chi connectivity index (χ3v) is 3.32. The van der Waals surface area contributed by atoms with Gasteiger partial charge in [-0.1, -0.05) is 5.21 Å². The van der Waals surface area contributed by atoms with Gasteiger partial charge in [0, 0.05) is 13.1 Å². The fourth-order valence-electron chi connectivity index (χ4n) is 2.18. The van der Waals surface area contributed by atoms with E-state index >= 15 is 0 Å². The number of aromatic nitrogens is 3.